The smallest absolute Gasteiger partial charge is 0.163 e. The summed E-state index contributed by atoms with van der Waals surface area (Å²) in [6.45, 7) is 0. The van der Waals surface area contributed by atoms with Gasteiger partial charge in [0.15, 0.2) is 17.3 Å². The van der Waals surface area contributed by atoms with Crippen molar-refractivity contribution in [2.45, 2.75) is 38.1 Å². The quantitative estimate of drug-likeness (QED) is 0.545. The molecule has 0 spiro atoms. The van der Waals surface area contributed by atoms with Gasteiger partial charge in [-0.2, -0.15) is 0 Å². The van der Waals surface area contributed by atoms with Crippen molar-refractivity contribution in [1.29, 1.82) is 0 Å². The molecule has 28 heavy (non-hydrogen) atoms. The van der Waals surface area contributed by atoms with E-state index in [0.29, 0.717) is 29.9 Å². The van der Waals surface area contributed by atoms with Crippen LogP contribution in [0.1, 0.15) is 48.0 Å². The number of nitrogens with zero attached hydrogens (tertiary/aromatic N) is 1. The van der Waals surface area contributed by atoms with Crippen molar-refractivity contribution in [3.63, 3.8) is 0 Å². The van der Waals surface area contributed by atoms with Crippen molar-refractivity contribution in [3.05, 3.63) is 53.3 Å². The third-order valence-corrected chi connectivity index (χ3v) is 5.03. The summed E-state index contributed by atoms with van der Waals surface area (Å²) in [6.07, 6.45) is 3.82. The zero-order valence-corrected chi connectivity index (χ0v) is 16.2. The summed E-state index contributed by atoms with van der Waals surface area (Å²) in [4.78, 5) is 17.2. The highest BCUT2D eigenvalue weighted by atomic mass is 19.1. The summed E-state index contributed by atoms with van der Waals surface area (Å²) in [5.41, 5.74) is 2.43. The second-order valence-electron chi connectivity index (χ2n) is 6.89. The molecule has 1 unspecified atom stereocenters. The number of ether oxygens (including phenoxy) is 2. The molecule has 0 saturated carbocycles. The first-order valence-electron chi connectivity index (χ1n) is 9.39. The third-order valence-electron chi connectivity index (χ3n) is 5.03. The predicted octanol–water partition coefficient (Wildman–Crippen LogP) is 3.64. The summed E-state index contributed by atoms with van der Waals surface area (Å²) in [7, 11) is 8.68. The van der Waals surface area contributed by atoms with Gasteiger partial charge in [0.2, 0.25) is 0 Å². The van der Waals surface area contributed by atoms with Crippen molar-refractivity contribution < 1.29 is 18.7 Å². The summed E-state index contributed by atoms with van der Waals surface area (Å²) in [5.74, 6) is 0.704. The molecule has 0 fully saturated rings. The number of carbonyl (C=O) groups is 1. The van der Waals surface area contributed by atoms with Crippen LogP contribution in [0.15, 0.2) is 41.4 Å². The summed E-state index contributed by atoms with van der Waals surface area (Å²) < 4.78 is 24.2. The van der Waals surface area contributed by atoms with Gasteiger partial charge in [0.1, 0.15) is 13.7 Å². The van der Waals surface area contributed by atoms with Gasteiger partial charge in [-0.25, -0.2) is 4.39 Å². The zero-order chi connectivity index (χ0) is 20.1. The molecule has 6 heteroatoms. The van der Waals surface area contributed by atoms with E-state index < -0.39 is 5.82 Å². The maximum absolute atomic E-state index is 13.6. The molecule has 0 N–H and O–H groups in total. The molecule has 3 rings (SSSR count). The first-order valence-corrected chi connectivity index (χ1v) is 9.39. The number of rotatable bonds is 7. The van der Waals surface area contributed by atoms with E-state index in [1.54, 1.807) is 20.3 Å². The molecule has 1 aliphatic heterocycles. The van der Waals surface area contributed by atoms with Crippen molar-refractivity contribution in [2.75, 3.05) is 14.2 Å². The lowest BCUT2D eigenvalue weighted by atomic mass is 9.91. The van der Waals surface area contributed by atoms with Gasteiger partial charge in [0.05, 0.1) is 20.3 Å². The lowest BCUT2D eigenvalue weighted by molar-refractivity contribution is 0.0976. The van der Waals surface area contributed by atoms with Gasteiger partial charge in [0.25, 0.3) is 0 Å². The van der Waals surface area contributed by atoms with Crippen LogP contribution in [0.5, 0.6) is 11.5 Å². The molecular formula is C22H23BFNO3. The Balaban J connectivity index is 1.68. The summed E-state index contributed by atoms with van der Waals surface area (Å²) in [6, 6.07) is 10.1. The minimum absolute atomic E-state index is 0.0491. The van der Waals surface area contributed by atoms with Crippen LogP contribution in [0.3, 0.4) is 0 Å². The topological polar surface area (TPSA) is 47.9 Å². The molecule has 1 atom stereocenters. The molecular weight excluding hydrogens is 356 g/mol. The van der Waals surface area contributed by atoms with Crippen LogP contribution in [-0.4, -0.2) is 39.6 Å². The third kappa shape index (κ3) is 4.61. The van der Waals surface area contributed by atoms with Gasteiger partial charge in [-0.05, 0) is 55.5 Å². The number of hydrogen-bond donors (Lipinski definition) is 0. The highest BCUT2D eigenvalue weighted by Gasteiger charge is 2.19. The van der Waals surface area contributed by atoms with Crippen LogP contribution < -0.4 is 14.9 Å². The highest BCUT2D eigenvalue weighted by molar-refractivity contribution is 6.32. The molecule has 0 amide bonds. The number of ketones is 1. The molecule has 0 bridgehead atoms. The van der Waals surface area contributed by atoms with Gasteiger partial charge in [-0.15, -0.1) is 0 Å². The molecule has 2 radical (unpaired) electrons. The fraction of sp³-hybridized carbons (Fsp3) is 0.364. The summed E-state index contributed by atoms with van der Waals surface area (Å²) in [5, 5.41) is 0. The largest absolute Gasteiger partial charge is 0.493 e. The number of benzene rings is 2. The lowest BCUT2D eigenvalue weighted by Crippen LogP contribution is -2.18. The maximum atomic E-state index is 13.6. The van der Waals surface area contributed by atoms with Crippen LogP contribution in [0, 0.1) is 5.82 Å². The van der Waals surface area contributed by atoms with Crippen molar-refractivity contribution in [2.24, 2.45) is 4.99 Å². The molecule has 1 aliphatic rings. The van der Waals surface area contributed by atoms with Gasteiger partial charge >= 0.3 is 0 Å². The van der Waals surface area contributed by atoms with E-state index in [0.717, 1.165) is 30.5 Å². The van der Waals surface area contributed by atoms with E-state index in [-0.39, 0.29) is 17.3 Å². The second-order valence-corrected chi connectivity index (χ2v) is 6.89. The van der Waals surface area contributed by atoms with Crippen molar-refractivity contribution in [1.82, 2.24) is 0 Å². The molecule has 144 valence electrons. The van der Waals surface area contributed by atoms with E-state index in [9.17, 15) is 9.18 Å². The Labute approximate surface area is 166 Å². The molecule has 4 nitrogen and oxygen atoms in total. The van der Waals surface area contributed by atoms with E-state index in [1.165, 1.54) is 12.1 Å². The van der Waals surface area contributed by atoms with Crippen LogP contribution >= 0.6 is 0 Å². The normalized spacial score (nSPS) is 16.4. The Kier molecular flexibility index (Phi) is 6.50. The summed E-state index contributed by atoms with van der Waals surface area (Å²) >= 11 is 0. The van der Waals surface area contributed by atoms with Gasteiger partial charge in [-0.3, -0.25) is 9.79 Å². The van der Waals surface area contributed by atoms with Crippen LogP contribution in [-0.2, 0) is 0 Å². The average Bonchev–Trinajstić information content (AvgIpc) is 2.73. The number of aliphatic imine (C=N–C) groups is 1. The molecule has 0 aliphatic carbocycles. The first kappa shape index (κ1) is 20.1. The molecule has 2 aromatic carbocycles. The van der Waals surface area contributed by atoms with E-state index in [1.807, 2.05) is 18.2 Å². The second kappa shape index (κ2) is 9.04. The minimum Gasteiger partial charge on any atom is -0.493 e. The van der Waals surface area contributed by atoms with Crippen molar-refractivity contribution >= 4 is 24.8 Å². The van der Waals surface area contributed by atoms with E-state index >= 15 is 0 Å². The van der Waals surface area contributed by atoms with E-state index in [4.69, 9.17) is 22.3 Å². The Morgan fingerprint density at radius 1 is 1.18 bits per heavy atom. The van der Waals surface area contributed by atoms with Crippen LogP contribution in [0.4, 0.5) is 4.39 Å². The SMILES string of the molecule is [B]c1ccc(C(=O)CCC2CCCC(c3ccc(OC)c(OC)c3)=N2)cc1F. The fourth-order valence-electron chi connectivity index (χ4n) is 3.44. The number of Topliss-reactive ketones (excluding diaryl/α,β-unsaturated/α-hetero) is 1. The number of methoxy groups -OCH3 is 2. The minimum atomic E-state index is -0.558. The van der Waals surface area contributed by atoms with Crippen molar-refractivity contribution in [3.8, 4) is 11.5 Å². The number of halogens is 1. The van der Waals surface area contributed by atoms with Crippen LogP contribution in [0.2, 0.25) is 0 Å². The Bertz CT molecular complexity index is 897. The maximum Gasteiger partial charge on any atom is 0.163 e. The average molecular weight is 379 g/mol. The molecule has 0 aromatic heterocycles. The Morgan fingerprint density at radius 2 is 1.96 bits per heavy atom. The standard InChI is InChI=1S/C22H23BFNO3/c1-27-21-11-7-14(13-22(21)28-2)19-5-3-4-16(25-19)8-10-20(26)15-6-9-17(23)18(24)12-15/h6-7,9,11-13,16H,3-5,8,10H2,1-2H3. The van der Waals surface area contributed by atoms with E-state index in [2.05, 4.69) is 0 Å². The highest BCUT2D eigenvalue weighted by Crippen LogP contribution is 2.30. The number of carbonyl (C=O) groups excluding carboxylic acids is 1. The Hall–Kier alpha value is -2.63. The number of hydrogen-bond acceptors (Lipinski definition) is 4. The lowest BCUT2D eigenvalue weighted by Gasteiger charge is -2.21. The fourth-order valence-corrected chi connectivity index (χ4v) is 3.44. The predicted molar refractivity (Wildman–Crippen MR) is 109 cm³/mol. The Morgan fingerprint density at radius 3 is 2.68 bits per heavy atom. The molecule has 2 aromatic rings. The molecule has 1 heterocycles. The van der Waals surface area contributed by atoms with Gasteiger partial charge in [-0.1, -0.05) is 17.6 Å². The van der Waals surface area contributed by atoms with Gasteiger partial charge < -0.3 is 9.47 Å². The van der Waals surface area contributed by atoms with Gasteiger partial charge in [0, 0.05) is 17.7 Å². The zero-order valence-electron chi connectivity index (χ0n) is 16.2. The van der Waals surface area contributed by atoms with Crippen LogP contribution in [0.25, 0.3) is 0 Å². The monoisotopic (exact) mass is 379 g/mol. The molecule has 0 saturated heterocycles. The first-order chi connectivity index (χ1) is 13.5.